The maximum absolute atomic E-state index is 4.66. The number of hydrogen-bond acceptors (Lipinski definition) is 5. The Morgan fingerprint density at radius 2 is 1.13 bits per heavy atom. The number of benzene rings is 2. The van der Waals surface area contributed by atoms with Crippen LogP contribution in [0.15, 0.2) is 91.6 Å². The van der Waals surface area contributed by atoms with E-state index in [9.17, 15) is 0 Å². The summed E-state index contributed by atoms with van der Waals surface area (Å²) in [6.45, 7) is 0. The predicted molar refractivity (Wildman–Crippen MR) is 119 cm³/mol. The first-order chi connectivity index (χ1) is 14.8. The lowest BCUT2D eigenvalue weighted by Gasteiger charge is -2.07. The molecule has 5 nitrogen and oxygen atoms in total. The summed E-state index contributed by atoms with van der Waals surface area (Å²) in [5.41, 5.74) is 7.75. The first kappa shape index (κ1) is 16.7. The second-order valence-electron chi connectivity index (χ2n) is 7.17. The lowest BCUT2D eigenvalue weighted by atomic mass is 10.0. The van der Waals surface area contributed by atoms with Crippen molar-refractivity contribution in [1.82, 2.24) is 24.9 Å². The van der Waals surface area contributed by atoms with Gasteiger partial charge in [0, 0.05) is 52.9 Å². The van der Waals surface area contributed by atoms with Gasteiger partial charge in [0.25, 0.3) is 0 Å². The van der Waals surface area contributed by atoms with Gasteiger partial charge in [0.1, 0.15) is 0 Å². The minimum Gasteiger partial charge on any atom is -0.256 e. The molecule has 6 aromatic rings. The summed E-state index contributed by atoms with van der Waals surface area (Å²) in [5, 5.41) is 2.11. The van der Waals surface area contributed by atoms with Crippen molar-refractivity contribution in [3.05, 3.63) is 91.6 Å². The highest BCUT2D eigenvalue weighted by molar-refractivity contribution is 5.90. The summed E-state index contributed by atoms with van der Waals surface area (Å²) < 4.78 is 0. The van der Waals surface area contributed by atoms with Crippen LogP contribution in [-0.4, -0.2) is 24.9 Å². The van der Waals surface area contributed by atoms with Crippen LogP contribution in [0.4, 0.5) is 0 Å². The van der Waals surface area contributed by atoms with Crippen LogP contribution < -0.4 is 0 Å². The van der Waals surface area contributed by atoms with Crippen molar-refractivity contribution < 1.29 is 0 Å². The molecule has 140 valence electrons. The van der Waals surface area contributed by atoms with Crippen molar-refractivity contribution in [2.45, 2.75) is 0 Å². The van der Waals surface area contributed by atoms with Gasteiger partial charge in [-0.05, 0) is 59.7 Å². The molecule has 0 unspecified atom stereocenters. The van der Waals surface area contributed by atoms with Crippen molar-refractivity contribution in [2.24, 2.45) is 0 Å². The van der Waals surface area contributed by atoms with Crippen molar-refractivity contribution in [3.8, 4) is 22.3 Å². The number of pyridine rings is 3. The van der Waals surface area contributed by atoms with Gasteiger partial charge in [-0.3, -0.25) is 15.0 Å². The first-order valence-corrected chi connectivity index (χ1v) is 9.66. The zero-order valence-electron chi connectivity index (χ0n) is 15.9. The highest BCUT2D eigenvalue weighted by atomic mass is 14.8. The van der Waals surface area contributed by atoms with Gasteiger partial charge < -0.3 is 0 Å². The molecule has 5 heteroatoms. The van der Waals surface area contributed by atoms with Crippen molar-refractivity contribution in [3.63, 3.8) is 0 Å². The quantitative estimate of drug-likeness (QED) is 0.396. The largest absolute Gasteiger partial charge is 0.256 e. The molecule has 0 spiro atoms. The Morgan fingerprint density at radius 1 is 0.433 bits per heavy atom. The highest BCUT2D eigenvalue weighted by Crippen LogP contribution is 2.29. The Hall–Kier alpha value is -4.25. The smallest absolute Gasteiger partial charge is 0.159 e. The Labute approximate surface area is 172 Å². The summed E-state index contributed by atoms with van der Waals surface area (Å²) in [6.07, 6.45) is 8.96. The molecular formula is C25H15N5. The Morgan fingerprint density at radius 3 is 2.03 bits per heavy atom. The van der Waals surface area contributed by atoms with Gasteiger partial charge in [0.15, 0.2) is 5.65 Å². The molecule has 0 aliphatic rings. The topological polar surface area (TPSA) is 64.5 Å². The number of fused-ring (bicyclic) bond motifs is 3. The first-order valence-electron chi connectivity index (χ1n) is 9.66. The van der Waals surface area contributed by atoms with E-state index in [1.807, 2.05) is 36.7 Å². The van der Waals surface area contributed by atoms with Crippen LogP contribution in [0.1, 0.15) is 0 Å². The minimum atomic E-state index is 0.755. The van der Waals surface area contributed by atoms with Gasteiger partial charge in [-0.25, -0.2) is 9.97 Å². The summed E-state index contributed by atoms with van der Waals surface area (Å²) in [6, 6.07) is 20.6. The van der Waals surface area contributed by atoms with Crippen LogP contribution in [0.2, 0.25) is 0 Å². The molecule has 0 aliphatic carbocycles. The summed E-state index contributed by atoms with van der Waals surface area (Å²) >= 11 is 0. The van der Waals surface area contributed by atoms with E-state index >= 15 is 0 Å². The average Bonchev–Trinajstić information content (AvgIpc) is 2.82. The molecule has 4 heterocycles. The van der Waals surface area contributed by atoms with Crippen molar-refractivity contribution >= 4 is 33.0 Å². The van der Waals surface area contributed by atoms with Crippen LogP contribution in [0, 0.1) is 0 Å². The van der Waals surface area contributed by atoms with Crippen molar-refractivity contribution in [1.29, 1.82) is 0 Å². The van der Waals surface area contributed by atoms with E-state index in [0.29, 0.717) is 0 Å². The van der Waals surface area contributed by atoms with Gasteiger partial charge in [0.05, 0.1) is 16.6 Å². The summed E-state index contributed by atoms with van der Waals surface area (Å²) in [7, 11) is 0. The number of aromatic nitrogens is 5. The molecule has 0 aliphatic heterocycles. The molecule has 6 rings (SSSR count). The third-order valence-electron chi connectivity index (χ3n) is 5.27. The Bertz CT molecular complexity index is 1440. The second kappa shape index (κ2) is 6.67. The lowest BCUT2D eigenvalue weighted by Crippen LogP contribution is -1.88. The summed E-state index contributed by atoms with van der Waals surface area (Å²) in [5.74, 6) is 0. The minimum absolute atomic E-state index is 0.755. The third kappa shape index (κ3) is 2.84. The van der Waals surface area contributed by atoms with Gasteiger partial charge in [-0.15, -0.1) is 0 Å². The van der Waals surface area contributed by atoms with E-state index in [1.54, 1.807) is 18.6 Å². The molecule has 0 bridgehead atoms. The maximum atomic E-state index is 4.66. The van der Waals surface area contributed by atoms with E-state index in [2.05, 4.69) is 61.3 Å². The molecule has 2 aromatic carbocycles. The molecule has 0 fully saturated rings. The molecule has 4 aromatic heterocycles. The molecule has 0 radical (unpaired) electrons. The van der Waals surface area contributed by atoms with E-state index in [-0.39, 0.29) is 0 Å². The van der Waals surface area contributed by atoms with E-state index in [4.69, 9.17) is 0 Å². The molecule has 0 saturated heterocycles. The number of hydrogen-bond donors (Lipinski definition) is 0. The molecule has 0 N–H and O–H groups in total. The maximum Gasteiger partial charge on any atom is 0.159 e. The number of rotatable bonds is 2. The highest BCUT2D eigenvalue weighted by Gasteiger charge is 2.07. The molecule has 0 atom stereocenters. The van der Waals surface area contributed by atoms with Crippen molar-refractivity contribution in [2.75, 3.05) is 0 Å². The van der Waals surface area contributed by atoms with E-state index in [1.165, 1.54) is 0 Å². The van der Waals surface area contributed by atoms with E-state index < -0.39 is 0 Å². The van der Waals surface area contributed by atoms with Crippen LogP contribution in [0.25, 0.3) is 55.2 Å². The lowest BCUT2D eigenvalue weighted by molar-refractivity contribution is 1.29. The van der Waals surface area contributed by atoms with E-state index in [0.717, 1.165) is 55.2 Å². The fourth-order valence-electron chi connectivity index (χ4n) is 3.74. The predicted octanol–water partition coefficient (Wildman–Crippen LogP) is 5.46. The zero-order chi connectivity index (χ0) is 19.9. The SMILES string of the molecule is c1cnc2ncc(-c3ccc4ncc(-c5ccc6nccnc6c5)cc4c3)cc2c1. The standard InChI is InChI=1S/C25H15N5/c1-2-18-11-20(15-30-25(18)28-7-1)16-3-5-22-19(10-16)12-21(14-29-22)17-4-6-23-24(13-17)27-9-8-26-23/h1-15H. The second-order valence-corrected chi connectivity index (χ2v) is 7.17. The normalized spacial score (nSPS) is 11.3. The molecule has 0 amide bonds. The Kier molecular flexibility index (Phi) is 3.71. The fourth-order valence-corrected chi connectivity index (χ4v) is 3.74. The molecule has 0 saturated carbocycles. The van der Waals surface area contributed by atoms with Gasteiger partial charge in [-0.1, -0.05) is 12.1 Å². The summed E-state index contributed by atoms with van der Waals surface area (Å²) in [4.78, 5) is 22.2. The third-order valence-corrected chi connectivity index (χ3v) is 5.27. The number of nitrogens with zero attached hydrogens (tertiary/aromatic N) is 5. The van der Waals surface area contributed by atoms with Gasteiger partial charge >= 0.3 is 0 Å². The van der Waals surface area contributed by atoms with Crippen LogP contribution >= 0.6 is 0 Å². The Balaban J connectivity index is 1.46. The molecule has 30 heavy (non-hydrogen) atoms. The fraction of sp³-hybridized carbons (Fsp3) is 0. The monoisotopic (exact) mass is 385 g/mol. The van der Waals surface area contributed by atoms with Crippen LogP contribution in [0.3, 0.4) is 0 Å². The molecular weight excluding hydrogens is 370 g/mol. The van der Waals surface area contributed by atoms with Crippen LogP contribution in [-0.2, 0) is 0 Å². The zero-order valence-corrected chi connectivity index (χ0v) is 15.9. The van der Waals surface area contributed by atoms with Gasteiger partial charge in [-0.2, -0.15) is 0 Å². The van der Waals surface area contributed by atoms with Crippen LogP contribution in [0.5, 0.6) is 0 Å². The van der Waals surface area contributed by atoms with Gasteiger partial charge in [0.2, 0.25) is 0 Å². The average molecular weight is 385 g/mol.